The van der Waals surface area contributed by atoms with Crippen molar-refractivity contribution in [1.29, 1.82) is 0 Å². The van der Waals surface area contributed by atoms with E-state index in [1.54, 1.807) is 18.2 Å². The Labute approximate surface area is 172 Å². The molecule has 3 rings (SSSR count). The molecular formula is C21H28N2O5S. The quantitative estimate of drug-likeness (QED) is 0.596. The molecule has 1 fully saturated rings. The Kier molecular flexibility index (Phi) is 6.60. The number of aliphatic hydroxyl groups excluding tert-OH is 1. The maximum Gasteiger partial charge on any atom is 0.243 e. The maximum absolute atomic E-state index is 12.7. The number of nitrogens with zero attached hydrogens (tertiary/aromatic N) is 1. The van der Waals surface area contributed by atoms with Crippen molar-refractivity contribution in [2.75, 3.05) is 19.6 Å². The maximum atomic E-state index is 12.7. The molecule has 29 heavy (non-hydrogen) atoms. The summed E-state index contributed by atoms with van der Waals surface area (Å²) in [5, 5.41) is 24.3. The van der Waals surface area contributed by atoms with E-state index < -0.39 is 21.7 Å². The van der Waals surface area contributed by atoms with Crippen LogP contribution in [-0.4, -0.2) is 60.4 Å². The molecule has 2 aromatic rings. The molecule has 0 aliphatic carbocycles. The number of hydrogen-bond acceptors (Lipinski definition) is 6. The molecule has 8 heteroatoms. The van der Waals surface area contributed by atoms with Crippen LogP contribution < -0.4 is 10.1 Å². The van der Waals surface area contributed by atoms with Crippen molar-refractivity contribution >= 4 is 10.0 Å². The van der Waals surface area contributed by atoms with Gasteiger partial charge in [0, 0.05) is 26.2 Å². The van der Waals surface area contributed by atoms with Crippen LogP contribution in [0.2, 0.25) is 0 Å². The van der Waals surface area contributed by atoms with Crippen LogP contribution in [0.15, 0.2) is 59.5 Å². The van der Waals surface area contributed by atoms with Gasteiger partial charge in [0.15, 0.2) is 0 Å². The number of sulfonamides is 1. The molecule has 1 saturated heterocycles. The fourth-order valence-corrected chi connectivity index (χ4v) is 4.85. The minimum atomic E-state index is -3.76. The monoisotopic (exact) mass is 420 g/mol. The predicted octanol–water partition coefficient (Wildman–Crippen LogP) is 1.36. The van der Waals surface area contributed by atoms with Gasteiger partial charge in [-0.2, -0.15) is 4.31 Å². The van der Waals surface area contributed by atoms with E-state index >= 15 is 0 Å². The lowest BCUT2D eigenvalue weighted by molar-refractivity contribution is -0.0384. The molecule has 1 heterocycles. The summed E-state index contributed by atoms with van der Waals surface area (Å²) in [4.78, 5) is 0.146. The summed E-state index contributed by atoms with van der Waals surface area (Å²) in [7, 11) is -3.76. The van der Waals surface area contributed by atoms with Gasteiger partial charge in [-0.1, -0.05) is 30.3 Å². The smallest absolute Gasteiger partial charge is 0.243 e. The van der Waals surface area contributed by atoms with Crippen molar-refractivity contribution in [1.82, 2.24) is 9.62 Å². The molecule has 0 aromatic heterocycles. The fourth-order valence-electron chi connectivity index (χ4n) is 3.32. The largest absolute Gasteiger partial charge is 0.491 e. The summed E-state index contributed by atoms with van der Waals surface area (Å²) in [6.45, 7) is 4.16. The van der Waals surface area contributed by atoms with Crippen LogP contribution in [0.25, 0.3) is 0 Å². The van der Waals surface area contributed by atoms with Crippen molar-refractivity contribution in [3.63, 3.8) is 0 Å². The van der Waals surface area contributed by atoms with E-state index in [9.17, 15) is 18.6 Å². The van der Waals surface area contributed by atoms with E-state index in [1.807, 2.05) is 38.1 Å². The van der Waals surface area contributed by atoms with Crippen molar-refractivity contribution in [3.05, 3.63) is 60.2 Å². The average Bonchev–Trinajstić information content (AvgIpc) is 2.99. The van der Waals surface area contributed by atoms with Gasteiger partial charge >= 0.3 is 0 Å². The molecule has 1 aliphatic rings. The van der Waals surface area contributed by atoms with Gasteiger partial charge in [-0.3, -0.25) is 0 Å². The third kappa shape index (κ3) is 5.15. The number of hydrogen-bond donors (Lipinski definition) is 3. The third-order valence-electron chi connectivity index (χ3n) is 4.88. The van der Waals surface area contributed by atoms with Crippen LogP contribution in [0.3, 0.4) is 0 Å². The first-order valence-corrected chi connectivity index (χ1v) is 11.1. The lowest BCUT2D eigenvalue weighted by Gasteiger charge is -2.26. The summed E-state index contributed by atoms with van der Waals surface area (Å²) < 4.78 is 32.2. The molecular weight excluding hydrogens is 392 g/mol. The Hall–Kier alpha value is -1.97. The second-order valence-electron chi connectivity index (χ2n) is 7.64. The van der Waals surface area contributed by atoms with E-state index in [1.165, 1.54) is 12.1 Å². The lowest BCUT2D eigenvalue weighted by Crippen LogP contribution is -2.50. The van der Waals surface area contributed by atoms with Crippen LogP contribution in [0.1, 0.15) is 19.4 Å². The Morgan fingerprint density at radius 3 is 2.45 bits per heavy atom. The first kappa shape index (κ1) is 21.7. The van der Waals surface area contributed by atoms with Crippen molar-refractivity contribution < 1.29 is 23.4 Å². The zero-order chi connectivity index (χ0) is 21.1. The van der Waals surface area contributed by atoms with E-state index in [2.05, 4.69) is 5.32 Å². The molecule has 0 radical (unpaired) electrons. The summed E-state index contributed by atoms with van der Waals surface area (Å²) in [5.74, 6) is 0.787. The first-order valence-electron chi connectivity index (χ1n) is 9.63. The van der Waals surface area contributed by atoms with Gasteiger partial charge in [0.05, 0.1) is 17.1 Å². The van der Waals surface area contributed by atoms with Gasteiger partial charge in [0.1, 0.15) is 11.4 Å². The number of rotatable bonds is 8. The van der Waals surface area contributed by atoms with Crippen LogP contribution in [0.5, 0.6) is 5.75 Å². The topological polar surface area (TPSA) is 99.1 Å². The number of ether oxygens (including phenoxy) is 1. The van der Waals surface area contributed by atoms with Gasteiger partial charge in [-0.25, -0.2) is 8.42 Å². The highest BCUT2D eigenvalue weighted by atomic mass is 32.2. The molecule has 0 saturated carbocycles. The average molecular weight is 421 g/mol. The highest BCUT2D eigenvalue weighted by molar-refractivity contribution is 7.89. The standard InChI is InChI=1S/C21H28N2O5S/c1-16(2)28-18-10-8-17(9-11-18)12-22-14-21(25)15-23(13-20(21)24)29(26,27)19-6-4-3-5-7-19/h3-11,16,20,22,24-25H,12-15H2,1-2H3/t20-,21+/m1/s1. The zero-order valence-corrected chi connectivity index (χ0v) is 17.5. The van der Waals surface area contributed by atoms with Crippen LogP contribution in [-0.2, 0) is 16.6 Å². The minimum Gasteiger partial charge on any atom is -0.491 e. The summed E-state index contributed by atoms with van der Waals surface area (Å²) >= 11 is 0. The Morgan fingerprint density at radius 1 is 1.17 bits per heavy atom. The van der Waals surface area contributed by atoms with Crippen molar-refractivity contribution in [2.45, 2.75) is 43.1 Å². The highest BCUT2D eigenvalue weighted by Gasteiger charge is 2.48. The molecule has 7 nitrogen and oxygen atoms in total. The second kappa shape index (κ2) is 8.81. The summed E-state index contributed by atoms with van der Waals surface area (Å²) in [6, 6.07) is 15.6. The number of benzene rings is 2. The second-order valence-corrected chi connectivity index (χ2v) is 9.58. The van der Waals surface area contributed by atoms with E-state index in [0.717, 1.165) is 15.6 Å². The molecule has 158 valence electrons. The van der Waals surface area contributed by atoms with Crippen molar-refractivity contribution in [3.8, 4) is 5.75 Å². The lowest BCUT2D eigenvalue weighted by atomic mass is 10.0. The molecule has 0 unspecified atom stereocenters. The van der Waals surface area contributed by atoms with Crippen LogP contribution >= 0.6 is 0 Å². The number of β-amino-alcohol motifs (C(OH)–C–C–N with tert-alkyl or cyclic N) is 2. The minimum absolute atomic E-state index is 0.0687. The van der Waals surface area contributed by atoms with Gasteiger partial charge in [0.25, 0.3) is 0 Å². The summed E-state index contributed by atoms with van der Waals surface area (Å²) in [6.07, 6.45) is -1.07. The molecule has 0 amide bonds. The molecule has 1 aliphatic heterocycles. The van der Waals surface area contributed by atoms with E-state index in [0.29, 0.717) is 6.54 Å². The molecule has 2 aromatic carbocycles. The Bertz CT molecular complexity index is 902. The van der Waals surface area contributed by atoms with E-state index in [4.69, 9.17) is 4.74 Å². The van der Waals surface area contributed by atoms with Gasteiger partial charge < -0.3 is 20.3 Å². The Morgan fingerprint density at radius 2 is 1.83 bits per heavy atom. The van der Waals surface area contributed by atoms with Gasteiger partial charge in [0.2, 0.25) is 10.0 Å². The number of aliphatic hydroxyl groups is 2. The number of nitrogens with one attached hydrogen (secondary N) is 1. The van der Waals surface area contributed by atoms with E-state index in [-0.39, 0.29) is 30.6 Å². The normalized spacial score (nSPS) is 22.9. The molecule has 0 bridgehead atoms. The summed E-state index contributed by atoms with van der Waals surface area (Å²) in [5.41, 5.74) is -0.561. The predicted molar refractivity (Wildman–Crippen MR) is 110 cm³/mol. The first-order chi connectivity index (χ1) is 13.7. The Balaban J connectivity index is 1.58. The van der Waals surface area contributed by atoms with Gasteiger partial charge in [-0.05, 0) is 43.7 Å². The molecule has 2 atom stereocenters. The molecule has 0 spiro atoms. The van der Waals surface area contributed by atoms with Crippen LogP contribution in [0.4, 0.5) is 0 Å². The zero-order valence-electron chi connectivity index (χ0n) is 16.7. The SMILES string of the molecule is CC(C)Oc1ccc(CNC[C@]2(O)CN(S(=O)(=O)c3ccccc3)C[C@H]2O)cc1. The molecule has 3 N–H and O–H groups in total. The van der Waals surface area contributed by atoms with Crippen molar-refractivity contribution in [2.24, 2.45) is 0 Å². The fraction of sp³-hybridized carbons (Fsp3) is 0.429. The van der Waals surface area contributed by atoms with Gasteiger partial charge in [-0.15, -0.1) is 0 Å². The highest BCUT2D eigenvalue weighted by Crippen LogP contribution is 2.27. The third-order valence-corrected chi connectivity index (χ3v) is 6.71. The van der Waals surface area contributed by atoms with Crippen LogP contribution in [0, 0.1) is 0 Å².